The fourth-order valence-electron chi connectivity index (χ4n) is 2.52. The molecule has 21 heavy (non-hydrogen) atoms. The summed E-state index contributed by atoms with van der Waals surface area (Å²) in [6, 6.07) is 1.86. The van der Waals surface area contributed by atoms with Gasteiger partial charge in [-0.2, -0.15) is 5.10 Å². The zero-order chi connectivity index (χ0) is 15.0. The highest BCUT2D eigenvalue weighted by Gasteiger charge is 2.30. The summed E-state index contributed by atoms with van der Waals surface area (Å²) in [5.74, 6) is -1.01. The number of hydrogen-bond acceptors (Lipinski definition) is 4. The maximum Gasteiger partial charge on any atom is 0.347 e. The Bertz CT molecular complexity index is 735. The van der Waals surface area contributed by atoms with E-state index in [1.165, 1.54) is 21.4 Å². The Hall–Kier alpha value is -2.51. The van der Waals surface area contributed by atoms with Crippen LogP contribution in [0.25, 0.3) is 0 Å². The normalized spacial score (nSPS) is 17.5. The van der Waals surface area contributed by atoms with Crippen molar-refractivity contribution in [2.45, 2.75) is 31.8 Å². The minimum Gasteiger partial charge on any atom is -0.480 e. The Labute approximate surface area is 118 Å². The lowest BCUT2D eigenvalue weighted by Gasteiger charge is -2.19. The number of aromatic nitrogens is 4. The van der Waals surface area contributed by atoms with Gasteiger partial charge in [-0.3, -0.25) is 9.55 Å². The molecule has 0 fully saturated rings. The first-order valence-corrected chi connectivity index (χ1v) is 6.57. The Morgan fingerprint density at radius 3 is 2.95 bits per heavy atom. The van der Waals surface area contributed by atoms with Crippen molar-refractivity contribution in [1.29, 1.82) is 0 Å². The first-order valence-electron chi connectivity index (χ1n) is 6.57. The van der Waals surface area contributed by atoms with Crippen LogP contribution in [-0.4, -0.2) is 30.4 Å². The van der Waals surface area contributed by atoms with E-state index in [0.29, 0.717) is 30.8 Å². The van der Waals surface area contributed by atoms with Gasteiger partial charge in [-0.15, -0.1) is 0 Å². The number of aliphatic carboxylic acids is 1. The van der Waals surface area contributed by atoms with Gasteiger partial charge in [0, 0.05) is 6.42 Å². The molecule has 0 bridgehead atoms. The van der Waals surface area contributed by atoms with Crippen LogP contribution in [0.1, 0.15) is 30.4 Å². The second kappa shape index (κ2) is 5.12. The molecule has 0 saturated heterocycles. The minimum atomic E-state index is -1.03. The van der Waals surface area contributed by atoms with Gasteiger partial charge < -0.3 is 5.11 Å². The summed E-state index contributed by atoms with van der Waals surface area (Å²) in [6.07, 6.45) is 2.74. The molecule has 0 amide bonds. The highest BCUT2D eigenvalue weighted by Crippen LogP contribution is 2.21. The van der Waals surface area contributed by atoms with Crippen LogP contribution < -0.4 is 5.69 Å². The first-order chi connectivity index (χ1) is 10.1. The van der Waals surface area contributed by atoms with Crippen LogP contribution in [0.4, 0.5) is 4.39 Å². The molecule has 7 nitrogen and oxygen atoms in total. The van der Waals surface area contributed by atoms with Crippen molar-refractivity contribution in [2.24, 2.45) is 0 Å². The van der Waals surface area contributed by atoms with E-state index in [2.05, 4.69) is 10.1 Å². The van der Waals surface area contributed by atoms with Gasteiger partial charge in [0.1, 0.15) is 17.7 Å². The second-order valence-electron chi connectivity index (χ2n) is 4.94. The van der Waals surface area contributed by atoms with E-state index in [1.807, 2.05) is 0 Å². The summed E-state index contributed by atoms with van der Waals surface area (Å²) in [7, 11) is 0. The van der Waals surface area contributed by atoms with E-state index < -0.39 is 23.5 Å². The van der Waals surface area contributed by atoms with Crippen molar-refractivity contribution in [2.75, 3.05) is 0 Å². The van der Waals surface area contributed by atoms with Gasteiger partial charge in [-0.1, -0.05) is 0 Å². The number of rotatable bonds is 3. The number of hydrogen-bond donors (Lipinski definition) is 1. The average molecular weight is 292 g/mol. The van der Waals surface area contributed by atoms with Crippen molar-refractivity contribution in [3.05, 3.63) is 46.1 Å². The summed E-state index contributed by atoms with van der Waals surface area (Å²) in [5.41, 5.74) is 0.0176. The molecule has 0 radical (unpaired) electrons. The summed E-state index contributed by atoms with van der Waals surface area (Å²) < 4.78 is 15.2. The van der Waals surface area contributed by atoms with E-state index in [-0.39, 0.29) is 6.54 Å². The molecule has 2 aromatic rings. The molecule has 2 aromatic heterocycles. The molecule has 0 saturated carbocycles. The Balaban J connectivity index is 1.96. The van der Waals surface area contributed by atoms with Crippen LogP contribution in [0, 0.1) is 5.82 Å². The second-order valence-corrected chi connectivity index (χ2v) is 4.94. The summed E-state index contributed by atoms with van der Waals surface area (Å²) >= 11 is 0. The van der Waals surface area contributed by atoms with Crippen LogP contribution in [-0.2, 0) is 17.8 Å². The molecule has 0 aliphatic carbocycles. The van der Waals surface area contributed by atoms with Gasteiger partial charge >= 0.3 is 11.7 Å². The van der Waals surface area contributed by atoms with Crippen molar-refractivity contribution in [1.82, 2.24) is 19.3 Å². The Morgan fingerprint density at radius 1 is 1.48 bits per heavy atom. The average Bonchev–Trinajstić information content (AvgIpc) is 2.78. The number of carboxylic acids is 1. The zero-order valence-corrected chi connectivity index (χ0v) is 11.1. The Kier molecular flexibility index (Phi) is 3.28. The summed E-state index contributed by atoms with van der Waals surface area (Å²) in [4.78, 5) is 27.4. The molecule has 110 valence electrons. The molecule has 3 heterocycles. The first kappa shape index (κ1) is 13.5. The van der Waals surface area contributed by atoms with Gasteiger partial charge in [0.2, 0.25) is 0 Å². The number of pyridine rings is 1. The summed E-state index contributed by atoms with van der Waals surface area (Å²) in [5, 5.41) is 13.4. The fraction of sp³-hybridized carbons (Fsp3) is 0.385. The standard InChI is InChI=1S/C13H13FN4O3/c14-8-4-5-9(15-6-8)7-17-13(21)18-10(12(19)20)2-1-3-11(18)16-17/h4-6,10H,1-3,7H2,(H,19,20). The molecule has 1 atom stereocenters. The molecule has 1 aliphatic heterocycles. The van der Waals surface area contributed by atoms with Crippen molar-refractivity contribution >= 4 is 5.97 Å². The van der Waals surface area contributed by atoms with Crippen LogP contribution in [0.2, 0.25) is 0 Å². The maximum absolute atomic E-state index is 12.8. The minimum absolute atomic E-state index is 0.0887. The van der Waals surface area contributed by atoms with E-state index in [4.69, 9.17) is 0 Å². The SMILES string of the molecule is O=C(O)C1CCCc2nn(Cc3ccc(F)cn3)c(=O)n21. The molecule has 0 spiro atoms. The molecular weight excluding hydrogens is 279 g/mol. The number of carbonyl (C=O) groups is 1. The predicted octanol–water partition coefficient (Wildman–Crippen LogP) is 0.589. The van der Waals surface area contributed by atoms with Crippen molar-refractivity contribution < 1.29 is 14.3 Å². The van der Waals surface area contributed by atoms with Gasteiger partial charge in [0.05, 0.1) is 18.4 Å². The highest BCUT2D eigenvalue weighted by atomic mass is 19.1. The smallest absolute Gasteiger partial charge is 0.347 e. The third kappa shape index (κ3) is 2.44. The van der Waals surface area contributed by atoms with Crippen molar-refractivity contribution in [3.8, 4) is 0 Å². The number of carboxylic acid groups (broad SMARTS) is 1. The highest BCUT2D eigenvalue weighted by molar-refractivity contribution is 5.72. The molecule has 3 rings (SSSR count). The van der Waals surface area contributed by atoms with Gasteiger partial charge in [0.15, 0.2) is 0 Å². The number of aryl methyl sites for hydroxylation is 1. The summed E-state index contributed by atoms with van der Waals surface area (Å²) in [6.45, 7) is 0.0887. The van der Waals surface area contributed by atoms with Crippen LogP contribution in [0.5, 0.6) is 0 Å². The molecule has 8 heteroatoms. The van der Waals surface area contributed by atoms with E-state index in [9.17, 15) is 19.1 Å². The fourth-order valence-corrected chi connectivity index (χ4v) is 2.52. The quantitative estimate of drug-likeness (QED) is 0.894. The van der Waals surface area contributed by atoms with Crippen LogP contribution in [0.15, 0.2) is 23.1 Å². The van der Waals surface area contributed by atoms with Crippen molar-refractivity contribution in [3.63, 3.8) is 0 Å². The number of halogens is 1. The lowest BCUT2D eigenvalue weighted by atomic mass is 10.1. The molecule has 1 aliphatic rings. The largest absolute Gasteiger partial charge is 0.480 e. The van der Waals surface area contributed by atoms with E-state index >= 15 is 0 Å². The van der Waals surface area contributed by atoms with Crippen LogP contribution >= 0.6 is 0 Å². The van der Waals surface area contributed by atoms with E-state index in [0.717, 1.165) is 6.20 Å². The lowest BCUT2D eigenvalue weighted by molar-refractivity contribution is -0.141. The predicted molar refractivity (Wildman–Crippen MR) is 69.4 cm³/mol. The third-order valence-corrected chi connectivity index (χ3v) is 3.52. The third-order valence-electron chi connectivity index (χ3n) is 3.52. The molecule has 1 N–H and O–H groups in total. The van der Waals surface area contributed by atoms with Gasteiger partial charge in [-0.25, -0.2) is 18.7 Å². The number of fused-ring (bicyclic) bond motifs is 1. The van der Waals surface area contributed by atoms with Crippen LogP contribution in [0.3, 0.4) is 0 Å². The lowest BCUT2D eigenvalue weighted by Crippen LogP contribution is -2.34. The maximum atomic E-state index is 12.8. The molecule has 0 aromatic carbocycles. The topological polar surface area (TPSA) is 90.0 Å². The zero-order valence-electron chi connectivity index (χ0n) is 11.1. The Morgan fingerprint density at radius 2 is 2.29 bits per heavy atom. The molecular formula is C13H13FN4O3. The van der Waals surface area contributed by atoms with Gasteiger partial charge in [-0.05, 0) is 25.0 Å². The van der Waals surface area contributed by atoms with E-state index in [1.54, 1.807) is 0 Å². The van der Waals surface area contributed by atoms with Gasteiger partial charge in [0.25, 0.3) is 0 Å². The number of nitrogens with zero attached hydrogens (tertiary/aromatic N) is 4. The monoisotopic (exact) mass is 292 g/mol. The molecule has 1 unspecified atom stereocenters.